The molecule has 4 rings (SSSR count). The molecule has 2 aliphatic heterocycles. The van der Waals surface area contributed by atoms with Gasteiger partial charge in [0, 0.05) is 37.7 Å². The summed E-state index contributed by atoms with van der Waals surface area (Å²) in [5.74, 6) is -0.0389. The molecule has 6 nitrogen and oxygen atoms in total. The van der Waals surface area contributed by atoms with Gasteiger partial charge in [-0.15, -0.1) is 11.3 Å². The monoisotopic (exact) mass is 401 g/mol. The van der Waals surface area contributed by atoms with Crippen molar-refractivity contribution in [3.63, 3.8) is 0 Å². The van der Waals surface area contributed by atoms with Crippen LogP contribution in [0.5, 0.6) is 0 Å². The van der Waals surface area contributed by atoms with Crippen LogP contribution in [0.15, 0.2) is 29.6 Å². The van der Waals surface area contributed by atoms with Crippen molar-refractivity contribution in [1.29, 1.82) is 0 Å². The van der Waals surface area contributed by atoms with Crippen molar-refractivity contribution in [1.82, 2.24) is 9.88 Å². The average Bonchev–Trinajstić information content (AvgIpc) is 3.34. The molecule has 2 fully saturated rings. The van der Waals surface area contributed by atoms with E-state index in [1.807, 2.05) is 5.38 Å². The second-order valence-electron chi connectivity index (χ2n) is 7.68. The number of amides is 1. The van der Waals surface area contributed by atoms with Crippen LogP contribution < -0.4 is 5.32 Å². The molecule has 1 amide bonds. The maximum atomic E-state index is 12.5. The molecule has 7 heteroatoms. The number of carbonyl (C=O) groups excluding carboxylic acids is 1. The smallest absolute Gasteiger partial charge is 0.240 e. The van der Waals surface area contributed by atoms with Gasteiger partial charge in [-0.25, -0.2) is 4.98 Å². The predicted molar refractivity (Wildman–Crippen MR) is 111 cm³/mol. The Morgan fingerprint density at radius 3 is 2.93 bits per heavy atom. The number of aryl methyl sites for hydroxylation is 1. The molecule has 1 N–H and O–H groups in total. The van der Waals surface area contributed by atoms with E-state index < -0.39 is 0 Å². The zero-order valence-electron chi connectivity index (χ0n) is 16.4. The maximum Gasteiger partial charge on any atom is 0.240 e. The first kappa shape index (κ1) is 19.5. The molecule has 0 bridgehead atoms. The van der Waals surface area contributed by atoms with Crippen LogP contribution in [0.1, 0.15) is 24.8 Å². The molecule has 0 unspecified atom stereocenters. The van der Waals surface area contributed by atoms with Gasteiger partial charge < -0.3 is 14.8 Å². The second kappa shape index (κ2) is 8.29. The molecule has 0 aliphatic carbocycles. The number of thiazole rings is 1. The van der Waals surface area contributed by atoms with E-state index in [0.717, 1.165) is 50.2 Å². The lowest BCUT2D eigenvalue weighted by Gasteiger charge is -2.44. The van der Waals surface area contributed by atoms with Crippen LogP contribution >= 0.6 is 11.3 Å². The van der Waals surface area contributed by atoms with Gasteiger partial charge in [0.25, 0.3) is 0 Å². The Morgan fingerprint density at radius 2 is 2.21 bits per heavy atom. The number of aromatic nitrogens is 1. The highest BCUT2D eigenvalue weighted by atomic mass is 32.1. The first-order valence-electron chi connectivity index (χ1n) is 9.79. The van der Waals surface area contributed by atoms with E-state index in [-0.39, 0.29) is 17.6 Å². The standard InChI is InChI=1S/C21H27N3O3S/c1-15-4-6-16(7-5-15)17-14-28-20(22-17)23-19(25)13-24-10-9-21(8-3-11-27-21)18(12-24)26-2/h4-7,14,18H,3,8-13H2,1-2H3,(H,22,23,25)/t18-,21+/m1/s1. The van der Waals surface area contributed by atoms with Gasteiger partial charge >= 0.3 is 0 Å². The topological polar surface area (TPSA) is 63.7 Å². The third-order valence-electron chi connectivity index (χ3n) is 5.75. The minimum absolute atomic E-state index is 0.0181. The highest BCUT2D eigenvalue weighted by molar-refractivity contribution is 7.14. The van der Waals surface area contributed by atoms with Crippen molar-refractivity contribution in [2.24, 2.45) is 0 Å². The summed E-state index contributed by atoms with van der Waals surface area (Å²) in [4.78, 5) is 19.2. The van der Waals surface area contributed by atoms with Gasteiger partial charge in [0.2, 0.25) is 5.91 Å². The lowest BCUT2D eigenvalue weighted by Crippen LogP contribution is -2.57. The minimum Gasteiger partial charge on any atom is -0.377 e. The summed E-state index contributed by atoms with van der Waals surface area (Å²) in [6.45, 7) is 4.78. The normalized spacial score (nSPS) is 25.3. The van der Waals surface area contributed by atoms with Crippen LogP contribution in [0.4, 0.5) is 5.13 Å². The molecule has 150 valence electrons. The molecule has 2 saturated heterocycles. The molecule has 0 radical (unpaired) electrons. The van der Waals surface area contributed by atoms with Crippen LogP contribution in [-0.2, 0) is 14.3 Å². The van der Waals surface area contributed by atoms with Crippen LogP contribution in [0, 0.1) is 6.92 Å². The van der Waals surface area contributed by atoms with Crippen molar-refractivity contribution < 1.29 is 14.3 Å². The van der Waals surface area contributed by atoms with Gasteiger partial charge in [0.05, 0.1) is 23.9 Å². The molecule has 1 aromatic heterocycles. The second-order valence-corrected chi connectivity index (χ2v) is 8.54. The fourth-order valence-corrected chi connectivity index (χ4v) is 4.89. The number of methoxy groups -OCH3 is 1. The summed E-state index contributed by atoms with van der Waals surface area (Å²) in [6.07, 6.45) is 3.07. The van der Waals surface area contributed by atoms with Crippen LogP contribution in [-0.4, -0.2) is 60.8 Å². The van der Waals surface area contributed by atoms with Crippen LogP contribution in [0.3, 0.4) is 0 Å². The number of carbonyl (C=O) groups is 1. The summed E-state index contributed by atoms with van der Waals surface area (Å²) in [5, 5.41) is 5.55. The summed E-state index contributed by atoms with van der Waals surface area (Å²) in [7, 11) is 1.74. The van der Waals surface area contributed by atoms with E-state index in [9.17, 15) is 4.79 Å². The number of nitrogens with zero attached hydrogens (tertiary/aromatic N) is 2. The van der Waals surface area contributed by atoms with Crippen molar-refractivity contribution in [2.45, 2.75) is 37.9 Å². The predicted octanol–water partition coefficient (Wildman–Crippen LogP) is 3.33. The maximum absolute atomic E-state index is 12.5. The first-order valence-corrected chi connectivity index (χ1v) is 10.7. The minimum atomic E-state index is -0.153. The molecule has 1 aromatic carbocycles. The Morgan fingerprint density at radius 1 is 1.39 bits per heavy atom. The molecule has 2 aliphatic rings. The SMILES string of the molecule is CO[C@@H]1CN(CC(=O)Nc2nc(-c3ccc(C)cc3)cs2)CC[C@@]12CCCO2. The highest BCUT2D eigenvalue weighted by Crippen LogP contribution is 2.37. The summed E-state index contributed by atoms with van der Waals surface area (Å²) in [5.41, 5.74) is 3.01. The van der Waals surface area contributed by atoms with Gasteiger partial charge in [0.15, 0.2) is 5.13 Å². The first-order chi connectivity index (χ1) is 13.6. The van der Waals surface area contributed by atoms with Gasteiger partial charge in [0.1, 0.15) is 0 Å². The number of nitrogens with one attached hydrogen (secondary N) is 1. The molecular weight excluding hydrogens is 374 g/mol. The zero-order valence-corrected chi connectivity index (χ0v) is 17.3. The molecule has 28 heavy (non-hydrogen) atoms. The number of ether oxygens (including phenoxy) is 2. The number of anilines is 1. The number of hydrogen-bond donors (Lipinski definition) is 1. The third-order valence-corrected chi connectivity index (χ3v) is 6.50. The molecule has 0 saturated carbocycles. The number of benzene rings is 1. The summed E-state index contributed by atoms with van der Waals surface area (Å²) in [6, 6.07) is 8.23. The van der Waals surface area contributed by atoms with Crippen molar-refractivity contribution in [2.75, 3.05) is 38.7 Å². The lowest BCUT2D eigenvalue weighted by atomic mass is 9.86. The number of rotatable bonds is 5. The van der Waals surface area contributed by atoms with Gasteiger partial charge in [-0.3, -0.25) is 9.69 Å². The van der Waals surface area contributed by atoms with E-state index in [1.54, 1.807) is 7.11 Å². The van der Waals surface area contributed by atoms with E-state index in [0.29, 0.717) is 11.7 Å². The molecule has 2 atom stereocenters. The largest absolute Gasteiger partial charge is 0.377 e. The molecule has 2 aromatic rings. The Labute approximate surface area is 169 Å². The van der Waals surface area contributed by atoms with Crippen LogP contribution in [0.25, 0.3) is 11.3 Å². The average molecular weight is 402 g/mol. The third kappa shape index (κ3) is 4.12. The number of likely N-dealkylation sites (tertiary alicyclic amines) is 1. The number of hydrogen-bond acceptors (Lipinski definition) is 6. The van der Waals surface area contributed by atoms with E-state index in [2.05, 4.69) is 46.4 Å². The lowest BCUT2D eigenvalue weighted by molar-refractivity contribution is -0.145. The summed E-state index contributed by atoms with van der Waals surface area (Å²) >= 11 is 1.45. The quantitative estimate of drug-likeness (QED) is 0.833. The summed E-state index contributed by atoms with van der Waals surface area (Å²) < 4.78 is 11.7. The molecule has 1 spiro atoms. The van der Waals surface area contributed by atoms with Crippen LogP contribution in [0.2, 0.25) is 0 Å². The molecular formula is C21H27N3O3S. The van der Waals surface area contributed by atoms with Crippen molar-refractivity contribution >= 4 is 22.4 Å². The fourth-order valence-electron chi connectivity index (χ4n) is 4.15. The van der Waals surface area contributed by atoms with Crippen molar-refractivity contribution in [3.8, 4) is 11.3 Å². The highest BCUT2D eigenvalue weighted by Gasteiger charge is 2.46. The van der Waals surface area contributed by atoms with Gasteiger partial charge in [-0.05, 0) is 26.2 Å². The molecule has 3 heterocycles. The Kier molecular flexibility index (Phi) is 5.78. The Bertz CT molecular complexity index is 815. The fraction of sp³-hybridized carbons (Fsp3) is 0.524. The Hall–Kier alpha value is -1.80. The van der Waals surface area contributed by atoms with Gasteiger partial charge in [-0.2, -0.15) is 0 Å². The van der Waals surface area contributed by atoms with Gasteiger partial charge in [-0.1, -0.05) is 29.8 Å². The van der Waals surface area contributed by atoms with Crippen molar-refractivity contribution in [3.05, 3.63) is 35.2 Å². The van der Waals surface area contributed by atoms with E-state index in [4.69, 9.17) is 9.47 Å². The Balaban J connectivity index is 1.33. The van der Waals surface area contributed by atoms with E-state index in [1.165, 1.54) is 16.9 Å². The zero-order chi connectivity index (χ0) is 19.6. The van der Waals surface area contributed by atoms with E-state index >= 15 is 0 Å². The number of piperidine rings is 1.